The Labute approximate surface area is 144 Å². The first kappa shape index (κ1) is 16.3. The molecule has 0 aliphatic rings. The molecule has 122 valence electrons. The van der Waals surface area contributed by atoms with Gasteiger partial charge in [-0.25, -0.2) is 4.98 Å². The van der Waals surface area contributed by atoms with Gasteiger partial charge in [-0.2, -0.15) is 0 Å². The number of alkyl halides is 1. The van der Waals surface area contributed by atoms with Gasteiger partial charge in [0.05, 0.1) is 11.0 Å². The van der Waals surface area contributed by atoms with E-state index in [-0.39, 0.29) is 11.3 Å². The Morgan fingerprint density at radius 2 is 2.13 bits per heavy atom. The molecule has 2 aromatic heterocycles. The summed E-state index contributed by atoms with van der Waals surface area (Å²) in [5, 5.41) is 0. The van der Waals surface area contributed by atoms with Crippen LogP contribution in [-0.2, 0) is 5.88 Å². The van der Waals surface area contributed by atoms with Crippen LogP contribution in [0.2, 0.25) is 0 Å². The quantitative estimate of drug-likeness (QED) is 0.657. The van der Waals surface area contributed by atoms with Crippen molar-refractivity contribution in [2.24, 2.45) is 5.41 Å². The number of carbonyl (C=O) groups is 1. The van der Waals surface area contributed by atoms with E-state index in [9.17, 15) is 4.79 Å². The highest BCUT2D eigenvalue weighted by molar-refractivity contribution is 7.18. The van der Waals surface area contributed by atoms with Gasteiger partial charge in [0.2, 0.25) is 0 Å². The molecule has 0 N–H and O–H groups in total. The van der Waals surface area contributed by atoms with Crippen molar-refractivity contribution in [3.05, 3.63) is 34.8 Å². The van der Waals surface area contributed by atoms with Crippen LogP contribution in [0.4, 0.5) is 0 Å². The van der Waals surface area contributed by atoms with Crippen LogP contribution in [0.3, 0.4) is 0 Å². The second kappa shape index (κ2) is 5.80. The average molecular weight is 350 g/mol. The molecular formula is C17H20ClN3OS. The number of halogens is 1. The molecule has 0 saturated heterocycles. The van der Waals surface area contributed by atoms with Crippen molar-refractivity contribution in [2.75, 3.05) is 13.6 Å². The molecule has 0 aliphatic heterocycles. The van der Waals surface area contributed by atoms with Crippen LogP contribution in [0, 0.1) is 5.41 Å². The van der Waals surface area contributed by atoms with Crippen molar-refractivity contribution >= 4 is 44.8 Å². The summed E-state index contributed by atoms with van der Waals surface area (Å²) < 4.78 is 1.98. The molecule has 0 saturated carbocycles. The third kappa shape index (κ3) is 3.21. The average Bonchev–Trinajstić information content (AvgIpc) is 3.01. The zero-order chi connectivity index (χ0) is 16.8. The molecule has 0 radical (unpaired) electrons. The lowest BCUT2D eigenvalue weighted by atomic mass is 9.96. The van der Waals surface area contributed by atoms with E-state index in [1.807, 2.05) is 35.8 Å². The smallest absolute Gasteiger partial charge is 0.265 e. The van der Waals surface area contributed by atoms with E-state index in [0.29, 0.717) is 17.3 Å². The molecule has 0 atom stereocenters. The molecule has 23 heavy (non-hydrogen) atoms. The van der Waals surface area contributed by atoms with Gasteiger partial charge < -0.3 is 4.90 Å². The van der Waals surface area contributed by atoms with Crippen molar-refractivity contribution in [3.63, 3.8) is 0 Å². The summed E-state index contributed by atoms with van der Waals surface area (Å²) in [6.45, 7) is 7.08. The molecule has 0 unspecified atom stereocenters. The number of aromatic nitrogens is 2. The Kier molecular flexibility index (Phi) is 4.10. The predicted octanol–water partition coefficient (Wildman–Crippen LogP) is 4.41. The van der Waals surface area contributed by atoms with Gasteiger partial charge in [-0.1, -0.05) is 38.2 Å². The monoisotopic (exact) mass is 349 g/mol. The van der Waals surface area contributed by atoms with Crippen molar-refractivity contribution in [2.45, 2.75) is 26.7 Å². The number of imidazole rings is 1. The number of benzene rings is 1. The van der Waals surface area contributed by atoms with Crippen LogP contribution < -0.4 is 0 Å². The molecule has 2 heterocycles. The topological polar surface area (TPSA) is 37.6 Å². The highest BCUT2D eigenvalue weighted by Gasteiger charge is 2.21. The Bertz CT molecular complexity index is 875. The Balaban J connectivity index is 1.98. The molecule has 1 amide bonds. The first-order valence-electron chi connectivity index (χ1n) is 7.50. The van der Waals surface area contributed by atoms with Crippen molar-refractivity contribution in [1.29, 1.82) is 0 Å². The van der Waals surface area contributed by atoms with Crippen molar-refractivity contribution < 1.29 is 4.79 Å². The van der Waals surface area contributed by atoms with E-state index in [1.165, 1.54) is 11.3 Å². The second-order valence-electron chi connectivity index (χ2n) is 7.04. The molecule has 0 spiro atoms. The third-order valence-electron chi connectivity index (χ3n) is 3.59. The number of hydrogen-bond acceptors (Lipinski definition) is 3. The molecule has 1 aromatic carbocycles. The standard InChI is InChI=1S/C17H20ClN3OS/c1-17(2,3)10-20(4)15(22)14-9-21-13-7-11(8-18)5-6-12(13)19-16(21)23-14/h5-7,9H,8,10H2,1-4H3. The minimum Gasteiger partial charge on any atom is -0.340 e. The summed E-state index contributed by atoms with van der Waals surface area (Å²) in [5.74, 6) is 0.505. The lowest BCUT2D eigenvalue weighted by Crippen LogP contribution is -2.34. The van der Waals surface area contributed by atoms with E-state index in [0.717, 1.165) is 21.6 Å². The zero-order valence-corrected chi connectivity index (χ0v) is 15.3. The van der Waals surface area contributed by atoms with Gasteiger partial charge in [-0.3, -0.25) is 9.20 Å². The summed E-state index contributed by atoms with van der Waals surface area (Å²) in [6.07, 6.45) is 1.88. The maximum absolute atomic E-state index is 12.6. The van der Waals surface area contributed by atoms with Crippen LogP contribution in [0.15, 0.2) is 24.4 Å². The van der Waals surface area contributed by atoms with Crippen molar-refractivity contribution in [3.8, 4) is 0 Å². The van der Waals surface area contributed by atoms with Crippen LogP contribution in [0.1, 0.15) is 36.0 Å². The van der Waals surface area contributed by atoms with Gasteiger partial charge in [-0.05, 0) is 23.1 Å². The first-order valence-corrected chi connectivity index (χ1v) is 8.85. The summed E-state index contributed by atoms with van der Waals surface area (Å²) in [5.41, 5.74) is 3.04. The van der Waals surface area contributed by atoms with Gasteiger partial charge in [0.25, 0.3) is 5.91 Å². The SMILES string of the molecule is CN(CC(C)(C)C)C(=O)c1cn2c(nc3ccc(CCl)cc32)s1. The molecule has 4 nitrogen and oxygen atoms in total. The minimum atomic E-state index is 0.0390. The Morgan fingerprint density at radius 3 is 2.78 bits per heavy atom. The number of thiazole rings is 1. The molecule has 0 fully saturated rings. The van der Waals surface area contributed by atoms with Gasteiger partial charge in [-0.15, -0.1) is 11.6 Å². The molecule has 6 heteroatoms. The maximum Gasteiger partial charge on any atom is 0.265 e. The number of amides is 1. The van der Waals surface area contributed by atoms with Gasteiger partial charge in [0.15, 0.2) is 4.96 Å². The number of fused-ring (bicyclic) bond motifs is 3. The molecule has 0 bridgehead atoms. The molecule has 3 aromatic rings. The number of carbonyl (C=O) groups excluding carboxylic acids is 1. The van der Waals surface area contributed by atoms with Gasteiger partial charge in [0, 0.05) is 25.7 Å². The summed E-state index contributed by atoms with van der Waals surface area (Å²) in [4.78, 5) is 20.5. The van der Waals surface area contributed by atoms with E-state index in [4.69, 9.17) is 11.6 Å². The van der Waals surface area contributed by atoms with Crippen molar-refractivity contribution in [1.82, 2.24) is 14.3 Å². The highest BCUT2D eigenvalue weighted by Crippen LogP contribution is 2.26. The predicted molar refractivity (Wildman–Crippen MR) is 96.5 cm³/mol. The number of hydrogen-bond donors (Lipinski definition) is 0. The minimum absolute atomic E-state index is 0.0390. The highest BCUT2D eigenvalue weighted by atomic mass is 35.5. The maximum atomic E-state index is 12.6. The number of nitrogens with zero attached hydrogens (tertiary/aromatic N) is 3. The third-order valence-corrected chi connectivity index (χ3v) is 4.87. The van der Waals surface area contributed by atoms with E-state index < -0.39 is 0 Å². The fourth-order valence-corrected chi connectivity index (χ4v) is 3.87. The fraction of sp³-hybridized carbons (Fsp3) is 0.412. The lowest BCUT2D eigenvalue weighted by molar-refractivity contribution is 0.0750. The Morgan fingerprint density at radius 1 is 1.39 bits per heavy atom. The summed E-state index contributed by atoms with van der Waals surface area (Å²) in [7, 11) is 1.85. The second-order valence-corrected chi connectivity index (χ2v) is 8.31. The van der Waals surface area contributed by atoms with E-state index in [2.05, 4.69) is 25.8 Å². The molecule has 0 aliphatic carbocycles. The van der Waals surface area contributed by atoms with Gasteiger partial charge >= 0.3 is 0 Å². The zero-order valence-electron chi connectivity index (χ0n) is 13.8. The first-order chi connectivity index (χ1) is 10.8. The van der Waals surface area contributed by atoms with Crippen LogP contribution in [0.5, 0.6) is 0 Å². The largest absolute Gasteiger partial charge is 0.340 e. The Hall–Kier alpha value is -1.59. The van der Waals surface area contributed by atoms with Crippen LogP contribution in [0.25, 0.3) is 16.0 Å². The normalized spacial score (nSPS) is 12.2. The summed E-state index contributed by atoms with van der Waals surface area (Å²) >= 11 is 7.34. The molecular weight excluding hydrogens is 330 g/mol. The van der Waals surface area contributed by atoms with Gasteiger partial charge in [0.1, 0.15) is 4.88 Å². The van der Waals surface area contributed by atoms with Crippen LogP contribution in [-0.4, -0.2) is 33.8 Å². The summed E-state index contributed by atoms with van der Waals surface area (Å²) in [6, 6.07) is 5.98. The van der Waals surface area contributed by atoms with Crippen LogP contribution >= 0.6 is 22.9 Å². The molecule has 3 rings (SSSR count). The van der Waals surface area contributed by atoms with E-state index in [1.54, 1.807) is 4.90 Å². The number of rotatable bonds is 3. The lowest BCUT2D eigenvalue weighted by Gasteiger charge is -2.26. The van der Waals surface area contributed by atoms with E-state index >= 15 is 0 Å². The fourth-order valence-electron chi connectivity index (χ4n) is 2.71.